The molecule has 6 rings (SSSR count). The number of esters is 1. The lowest BCUT2D eigenvalue weighted by atomic mass is 9.65. The van der Waals surface area contributed by atoms with Crippen molar-refractivity contribution in [2.24, 2.45) is 0 Å². The van der Waals surface area contributed by atoms with Gasteiger partial charge in [-0.1, -0.05) is 110 Å². The molecule has 0 amide bonds. The maximum absolute atomic E-state index is 12.1. The van der Waals surface area contributed by atoms with Crippen LogP contribution >= 0.6 is 0 Å². The lowest BCUT2D eigenvalue weighted by Crippen LogP contribution is -2.30. The fraction of sp³-hybridized carbons (Fsp3) is 0.214. The topological polar surface area (TPSA) is 29.5 Å². The van der Waals surface area contributed by atoms with E-state index in [4.69, 9.17) is 4.74 Å². The summed E-state index contributed by atoms with van der Waals surface area (Å²) < 4.78 is 5.48. The molecule has 1 saturated carbocycles. The zero-order chi connectivity index (χ0) is 31.4. The van der Waals surface area contributed by atoms with E-state index in [0.29, 0.717) is 11.3 Å². The molecule has 3 heteroatoms. The lowest BCUT2D eigenvalue weighted by molar-refractivity contribution is -0.130. The minimum Gasteiger partial charge on any atom is -0.423 e. The van der Waals surface area contributed by atoms with Crippen molar-refractivity contribution in [3.05, 3.63) is 156 Å². The van der Waals surface area contributed by atoms with E-state index in [9.17, 15) is 4.79 Å². The predicted octanol–water partition coefficient (Wildman–Crippen LogP) is 11.2. The second-order valence-electron chi connectivity index (χ2n) is 12.5. The second-order valence-corrected chi connectivity index (χ2v) is 12.5. The maximum atomic E-state index is 12.1. The summed E-state index contributed by atoms with van der Waals surface area (Å²) in [5.74, 6) is 0.156. The molecule has 1 aliphatic rings. The third kappa shape index (κ3) is 6.49. The number of rotatable bonds is 8. The Morgan fingerprint density at radius 3 is 1.49 bits per heavy atom. The average Bonchev–Trinajstić information content (AvgIpc) is 3.07. The number of nitrogens with zero attached hydrogens (tertiary/aromatic N) is 1. The molecule has 0 bridgehead atoms. The summed E-state index contributed by atoms with van der Waals surface area (Å²) in [4.78, 5) is 14.4. The third-order valence-electron chi connectivity index (χ3n) is 9.15. The molecule has 0 heterocycles. The zero-order valence-corrected chi connectivity index (χ0v) is 26.6. The van der Waals surface area contributed by atoms with E-state index in [1.165, 1.54) is 52.6 Å². The zero-order valence-electron chi connectivity index (χ0n) is 26.6. The van der Waals surface area contributed by atoms with Crippen molar-refractivity contribution in [1.29, 1.82) is 0 Å². The van der Waals surface area contributed by atoms with Gasteiger partial charge in [-0.2, -0.15) is 0 Å². The van der Waals surface area contributed by atoms with Gasteiger partial charge < -0.3 is 9.64 Å². The Kier molecular flexibility index (Phi) is 8.71. The van der Waals surface area contributed by atoms with Gasteiger partial charge in [-0.05, 0) is 104 Å². The molecular weight excluding hydrogens is 550 g/mol. The molecule has 0 spiro atoms. The highest BCUT2D eigenvalue weighted by atomic mass is 16.5. The number of hydrogen-bond acceptors (Lipinski definition) is 3. The highest BCUT2D eigenvalue weighted by Crippen LogP contribution is 2.46. The van der Waals surface area contributed by atoms with Crippen LogP contribution in [0, 0.1) is 13.8 Å². The lowest BCUT2D eigenvalue weighted by Gasteiger charge is -2.39. The van der Waals surface area contributed by atoms with Crippen molar-refractivity contribution in [3.8, 4) is 16.9 Å². The summed E-state index contributed by atoms with van der Waals surface area (Å²) in [6.45, 7) is 9.60. The van der Waals surface area contributed by atoms with Gasteiger partial charge in [0.1, 0.15) is 5.75 Å². The maximum Gasteiger partial charge on any atom is 0.338 e. The van der Waals surface area contributed by atoms with Crippen LogP contribution in [0.15, 0.2) is 133 Å². The van der Waals surface area contributed by atoms with Gasteiger partial charge in [0.25, 0.3) is 0 Å². The molecule has 0 aliphatic heterocycles. The van der Waals surface area contributed by atoms with Gasteiger partial charge >= 0.3 is 5.97 Å². The van der Waals surface area contributed by atoms with Crippen LogP contribution < -0.4 is 9.64 Å². The van der Waals surface area contributed by atoms with Gasteiger partial charge in [0.15, 0.2) is 0 Å². The number of ether oxygens (including phenoxy) is 1. The minimum absolute atomic E-state index is 0.0714. The molecule has 0 N–H and O–H groups in total. The molecular formula is C42H41NO2. The van der Waals surface area contributed by atoms with Gasteiger partial charge in [0.05, 0.1) is 0 Å². The molecule has 0 aromatic heterocycles. The molecule has 0 atom stereocenters. The van der Waals surface area contributed by atoms with E-state index in [1.54, 1.807) is 6.92 Å². The van der Waals surface area contributed by atoms with Crippen molar-refractivity contribution in [1.82, 2.24) is 0 Å². The Bertz CT molecular complexity index is 1760. The quantitative estimate of drug-likeness (QED) is 0.102. The number of hydrogen-bond donors (Lipinski definition) is 0. The average molecular weight is 592 g/mol. The molecule has 226 valence electrons. The molecule has 0 radical (unpaired) electrons. The highest BCUT2D eigenvalue weighted by Gasteiger charge is 2.36. The second kappa shape index (κ2) is 13.0. The summed E-state index contributed by atoms with van der Waals surface area (Å²) in [6, 6.07) is 43.6. The van der Waals surface area contributed by atoms with Crippen LogP contribution in [0.5, 0.6) is 5.75 Å². The van der Waals surface area contributed by atoms with E-state index < -0.39 is 5.97 Å². The normalized spacial score (nSPS) is 14.0. The molecule has 1 fully saturated rings. The van der Waals surface area contributed by atoms with Crippen LogP contribution in [-0.2, 0) is 10.2 Å². The van der Waals surface area contributed by atoms with Gasteiger partial charge in [-0.3, -0.25) is 0 Å². The van der Waals surface area contributed by atoms with Crippen LogP contribution in [-0.4, -0.2) is 5.97 Å². The molecule has 45 heavy (non-hydrogen) atoms. The molecule has 0 saturated heterocycles. The Balaban J connectivity index is 1.34. The fourth-order valence-electron chi connectivity index (χ4n) is 6.56. The monoisotopic (exact) mass is 591 g/mol. The molecule has 5 aromatic rings. The molecule has 3 nitrogen and oxygen atoms in total. The Morgan fingerprint density at radius 1 is 0.600 bits per heavy atom. The van der Waals surface area contributed by atoms with Crippen LogP contribution in [0.3, 0.4) is 0 Å². The van der Waals surface area contributed by atoms with E-state index in [0.717, 1.165) is 29.9 Å². The molecule has 5 aromatic carbocycles. The summed E-state index contributed by atoms with van der Waals surface area (Å²) in [5.41, 5.74) is 11.2. The predicted molar refractivity (Wildman–Crippen MR) is 187 cm³/mol. The SMILES string of the molecule is C=C(C)C(=O)Oc1ccc(C2(c3ccc(N(c4ccc(C)cc4)c4ccc(-c5ccc(C)cc5)cc4)cc3)CCCCC2)cc1. The Morgan fingerprint density at radius 2 is 1.00 bits per heavy atom. The van der Waals surface area contributed by atoms with Crippen LogP contribution in [0.2, 0.25) is 0 Å². The van der Waals surface area contributed by atoms with Gasteiger partial charge in [0.2, 0.25) is 0 Å². The number of carbonyl (C=O) groups excluding carboxylic acids is 1. The first-order valence-electron chi connectivity index (χ1n) is 16.0. The van der Waals surface area contributed by atoms with E-state index in [1.807, 2.05) is 12.1 Å². The first-order chi connectivity index (χ1) is 21.8. The summed E-state index contributed by atoms with van der Waals surface area (Å²) in [7, 11) is 0. The summed E-state index contributed by atoms with van der Waals surface area (Å²) in [5, 5.41) is 0. The van der Waals surface area contributed by atoms with Crippen LogP contribution in [0.25, 0.3) is 11.1 Å². The largest absolute Gasteiger partial charge is 0.423 e. The number of benzene rings is 5. The van der Waals surface area contributed by atoms with Crippen molar-refractivity contribution < 1.29 is 9.53 Å². The number of anilines is 3. The molecule has 0 unspecified atom stereocenters. The Labute approximate surface area is 267 Å². The third-order valence-corrected chi connectivity index (χ3v) is 9.15. The van der Waals surface area contributed by atoms with E-state index >= 15 is 0 Å². The van der Waals surface area contributed by atoms with Gasteiger partial charge in [-0.25, -0.2) is 4.79 Å². The first kappa shape index (κ1) is 30.1. The first-order valence-corrected chi connectivity index (χ1v) is 16.0. The van der Waals surface area contributed by atoms with Crippen molar-refractivity contribution in [3.63, 3.8) is 0 Å². The van der Waals surface area contributed by atoms with E-state index in [-0.39, 0.29) is 5.41 Å². The fourth-order valence-corrected chi connectivity index (χ4v) is 6.56. The van der Waals surface area contributed by atoms with Gasteiger partial charge in [0, 0.05) is 28.1 Å². The smallest absolute Gasteiger partial charge is 0.338 e. The van der Waals surface area contributed by atoms with Crippen LogP contribution in [0.1, 0.15) is 61.3 Å². The van der Waals surface area contributed by atoms with E-state index in [2.05, 4.69) is 135 Å². The standard InChI is InChI=1S/C42H41NO2/c1-30(2)41(44)45-40-26-18-36(19-27-40)42(28-6-5-7-29-42)35-16-24-39(25-17-35)43(37-20-10-32(4)11-21-37)38-22-14-34(15-23-38)33-12-8-31(3)9-13-33/h8-27H,1,5-7,28-29H2,2-4H3. The van der Waals surface area contributed by atoms with Crippen LogP contribution in [0.4, 0.5) is 17.1 Å². The van der Waals surface area contributed by atoms with Crippen molar-refractivity contribution in [2.45, 2.75) is 58.3 Å². The minimum atomic E-state index is -0.395. The summed E-state index contributed by atoms with van der Waals surface area (Å²) in [6.07, 6.45) is 5.83. The highest BCUT2D eigenvalue weighted by molar-refractivity contribution is 5.88. The number of aryl methyl sites for hydroxylation is 2. The van der Waals surface area contributed by atoms with Gasteiger partial charge in [-0.15, -0.1) is 0 Å². The Hall–Kier alpha value is -4.89. The van der Waals surface area contributed by atoms with Crippen molar-refractivity contribution >= 4 is 23.0 Å². The van der Waals surface area contributed by atoms with Crippen molar-refractivity contribution in [2.75, 3.05) is 4.90 Å². The number of carbonyl (C=O) groups is 1. The molecule has 1 aliphatic carbocycles. The summed E-state index contributed by atoms with van der Waals surface area (Å²) >= 11 is 0.